The summed E-state index contributed by atoms with van der Waals surface area (Å²) in [6.07, 6.45) is 0.959. The normalized spacial score (nSPS) is 11.9. The molecule has 0 aliphatic carbocycles. The fraction of sp³-hybridized carbons (Fsp3) is 0.364. The van der Waals surface area contributed by atoms with E-state index in [0.717, 1.165) is 40.9 Å². The van der Waals surface area contributed by atoms with Crippen molar-refractivity contribution in [3.05, 3.63) is 42.5 Å². The molecule has 0 saturated carbocycles. The highest BCUT2D eigenvalue weighted by molar-refractivity contribution is 7.93. The average Bonchev–Trinajstić information content (AvgIpc) is 2.98. The van der Waals surface area contributed by atoms with Crippen LogP contribution >= 0.6 is 0 Å². The number of hydrogen-bond acceptors (Lipinski definition) is 4. The Morgan fingerprint density at radius 2 is 1.79 bits per heavy atom. The van der Waals surface area contributed by atoms with Crippen LogP contribution in [0.4, 0.5) is 11.4 Å². The Balaban J connectivity index is 2.11. The quantitative estimate of drug-likeness (QED) is 0.617. The molecule has 29 heavy (non-hydrogen) atoms. The molecule has 0 atom stereocenters. The molecule has 156 valence electrons. The van der Waals surface area contributed by atoms with E-state index in [0.29, 0.717) is 11.4 Å². The van der Waals surface area contributed by atoms with Gasteiger partial charge in [-0.3, -0.25) is 4.31 Å². The van der Waals surface area contributed by atoms with Crippen LogP contribution in [0.15, 0.2) is 42.5 Å². The van der Waals surface area contributed by atoms with Gasteiger partial charge in [0.05, 0.1) is 34.9 Å². The monoisotopic (exact) mass is 415 g/mol. The number of nitrogens with two attached hydrogens (primary N) is 1. The van der Waals surface area contributed by atoms with Crippen molar-refractivity contribution in [1.29, 1.82) is 0 Å². The van der Waals surface area contributed by atoms with E-state index >= 15 is 0 Å². The average molecular weight is 416 g/mol. The number of rotatable bonds is 7. The molecular formula is C22H29N3O3S. The molecule has 1 aromatic heterocycles. The Hall–Kier alpha value is -2.67. The number of hydrogen-bond donors (Lipinski definition) is 1. The molecule has 7 heteroatoms. The fourth-order valence-corrected chi connectivity index (χ4v) is 4.59. The molecule has 0 radical (unpaired) electrons. The predicted octanol–water partition coefficient (Wildman–Crippen LogP) is 4.48. The Labute approximate surface area is 172 Å². The van der Waals surface area contributed by atoms with Gasteiger partial charge in [0.15, 0.2) is 0 Å². The van der Waals surface area contributed by atoms with E-state index in [9.17, 15) is 8.42 Å². The number of nitrogen functional groups attached to an aromatic ring is 1. The summed E-state index contributed by atoms with van der Waals surface area (Å²) in [4.78, 5) is 0. The number of anilines is 2. The van der Waals surface area contributed by atoms with Gasteiger partial charge >= 0.3 is 0 Å². The molecule has 0 unspecified atom stereocenters. The molecule has 3 rings (SSSR count). The molecule has 0 amide bonds. The summed E-state index contributed by atoms with van der Waals surface area (Å²) in [6.45, 7) is 6.30. The molecule has 0 spiro atoms. The first-order valence-corrected chi connectivity index (χ1v) is 11.3. The van der Waals surface area contributed by atoms with E-state index in [-0.39, 0.29) is 0 Å². The van der Waals surface area contributed by atoms with Crippen LogP contribution in [0.25, 0.3) is 22.2 Å². The van der Waals surface area contributed by atoms with Gasteiger partial charge in [-0.05, 0) is 44.5 Å². The zero-order chi connectivity index (χ0) is 21.3. The van der Waals surface area contributed by atoms with Gasteiger partial charge in [-0.1, -0.05) is 19.1 Å². The molecular weight excluding hydrogens is 386 g/mol. The third-order valence-corrected chi connectivity index (χ3v) is 7.41. The first-order valence-electron chi connectivity index (χ1n) is 9.76. The van der Waals surface area contributed by atoms with Gasteiger partial charge in [0, 0.05) is 30.6 Å². The molecule has 0 aliphatic heterocycles. The number of sulfonamides is 1. The van der Waals surface area contributed by atoms with Gasteiger partial charge in [-0.15, -0.1) is 0 Å². The van der Waals surface area contributed by atoms with Crippen molar-refractivity contribution in [2.24, 2.45) is 0 Å². The van der Waals surface area contributed by atoms with E-state index in [2.05, 4.69) is 11.5 Å². The highest BCUT2D eigenvalue weighted by atomic mass is 32.2. The minimum atomic E-state index is -3.37. The Morgan fingerprint density at radius 1 is 1.14 bits per heavy atom. The summed E-state index contributed by atoms with van der Waals surface area (Å²) in [6, 6.07) is 13.4. The minimum absolute atomic E-state index is 0.482. The second kappa shape index (κ2) is 7.99. The highest BCUT2D eigenvalue weighted by Gasteiger charge is 2.23. The summed E-state index contributed by atoms with van der Waals surface area (Å²) >= 11 is 0. The van der Waals surface area contributed by atoms with Crippen LogP contribution in [-0.4, -0.2) is 32.4 Å². The van der Waals surface area contributed by atoms with Gasteiger partial charge in [-0.2, -0.15) is 0 Å². The largest absolute Gasteiger partial charge is 0.497 e. The van der Waals surface area contributed by atoms with E-state index < -0.39 is 15.3 Å². The molecule has 0 aliphatic rings. The minimum Gasteiger partial charge on any atom is -0.497 e. The van der Waals surface area contributed by atoms with Crippen LogP contribution in [-0.2, 0) is 16.6 Å². The lowest BCUT2D eigenvalue weighted by Gasteiger charge is -2.22. The number of aromatic nitrogens is 1. The lowest BCUT2D eigenvalue weighted by molar-refractivity contribution is 0.415. The third-order valence-electron chi connectivity index (χ3n) is 5.24. The Kier molecular flexibility index (Phi) is 5.80. The highest BCUT2D eigenvalue weighted by Crippen LogP contribution is 2.38. The maximum Gasteiger partial charge on any atom is 0.237 e. The standard InChI is InChI=1S/C22H29N3O3S/c1-6-13-25-20-14-18(28-5)11-12-19(20)21(23)22(25)16-7-9-17(10-8-16)24(4)29(26,27)15(2)3/h7-12,14-15H,6,13,23H2,1-5H3. The first kappa shape index (κ1) is 21.0. The molecule has 1 heterocycles. The number of fused-ring (bicyclic) bond motifs is 1. The van der Waals surface area contributed by atoms with Gasteiger partial charge in [0.1, 0.15) is 5.75 Å². The fourth-order valence-electron chi connectivity index (χ4n) is 3.54. The molecule has 6 nitrogen and oxygen atoms in total. The summed E-state index contributed by atoms with van der Waals surface area (Å²) in [5.41, 5.74) is 10.8. The zero-order valence-electron chi connectivity index (χ0n) is 17.6. The van der Waals surface area contributed by atoms with Crippen LogP contribution < -0.4 is 14.8 Å². The topological polar surface area (TPSA) is 77.6 Å². The van der Waals surface area contributed by atoms with Crippen molar-refractivity contribution in [3.63, 3.8) is 0 Å². The van der Waals surface area contributed by atoms with Crippen molar-refractivity contribution in [3.8, 4) is 17.0 Å². The van der Waals surface area contributed by atoms with Crippen molar-refractivity contribution in [2.75, 3.05) is 24.2 Å². The molecule has 2 N–H and O–H groups in total. The Bertz CT molecular complexity index is 1120. The first-order chi connectivity index (χ1) is 13.7. The summed E-state index contributed by atoms with van der Waals surface area (Å²) < 4.78 is 33.8. The van der Waals surface area contributed by atoms with Crippen molar-refractivity contribution in [2.45, 2.75) is 39.0 Å². The summed E-state index contributed by atoms with van der Waals surface area (Å²) in [7, 11) is -0.137. The van der Waals surface area contributed by atoms with Crippen molar-refractivity contribution in [1.82, 2.24) is 4.57 Å². The molecule has 3 aromatic rings. The van der Waals surface area contributed by atoms with Crippen LogP contribution in [0.5, 0.6) is 5.75 Å². The van der Waals surface area contributed by atoms with Gasteiger partial charge < -0.3 is 15.0 Å². The van der Waals surface area contributed by atoms with E-state index in [1.165, 1.54) is 4.31 Å². The van der Waals surface area contributed by atoms with Crippen molar-refractivity contribution < 1.29 is 13.2 Å². The SMILES string of the molecule is CCCn1c(-c2ccc(N(C)S(=O)(=O)C(C)C)cc2)c(N)c2ccc(OC)cc21. The third kappa shape index (κ3) is 3.67. The predicted molar refractivity (Wildman–Crippen MR) is 121 cm³/mol. The lowest BCUT2D eigenvalue weighted by Crippen LogP contribution is -2.32. The van der Waals surface area contributed by atoms with Crippen LogP contribution in [0.2, 0.25) is 0 Å². The number of nitrogens with zero attached hydrogens (tertiary/aromatic N) is 2. The van der Waals surface area contributed by atoms with Crippen LogP contribution in [0, 0.1) is 0 Å². The Morgan fingerprint density at radius 3 is 2.34 bits per heavy atom. The second-order valence-electron chi connectivity index (χ2n) is 7.41. The van der Waals surface area contributed by atoms with E-state index in [1.54, 1.807) is 28.0 Å². The smallest absolute Gasteiger partial charge is 0.237 e. The number of methoxy groups -OCH3 is 1. The van der Waals surface area contributed by atoms with E-state index in [4.69, 9.17) is 10.5 Å². The number of aryl methyl sites for hydroxylation is 1. The summed E-state index contributed by atoms with van der Waals surface area (Å²) in [5, 5.41) is 0.503. The van der Waals surface area contributed by atoms with Crippen LogP contribution in [0.1, 0.15) is 27.2 Å². The maximum atomic E-state index is 12.4. The second-order valence-corrected chi connectivity index (χ2v) is 9.93. The zero-order valence-corrected chi connectivity index (χ0v) is 18.5. The van der Waals surface area contributed by atoms with Gasteiger partial charge in [-0.25, -0.2) is 8.42 Å². The maximum absolute atomic E-state index is 12.4. The number of benzene rings is 2. The van der Waals surface area contributed by atoms with E-state index in [1.807, 2.05) is 42.5 Å². The summed E-state index contributed by atoms with van der Waals surface area (Å²) in [5.74, 6) is 0.787. The lowest BCUT2D eigenvalue weighted by atomic mass is 10.1. The van der Waals surface area contributed by atoms with Gasteiger partial charge in [0.25, 0.3) is 0 Å². The van der Waals surface area contributed by atoms with Crippen molar-refractivity contribution >= 4 is 32.3 Å². The molecule has 0 fully saturated rings. The van der Waals surface area contributed by atoms with Crippen LogP contribution in [0.3, 0.4) is 0 Å². The molecule has 2 aromatic carbocycles. The molecule has 0 saturated heterocycles. The van der Waals surface area contributed by atoms with Gasteiger partial charge in [0.2, 0.25) is 10.0 Å². The molecule has 0 bridgehead atoms. The number of ether oxygens (including phenoxy) is 1.